The minimum atomic E-state index is 0. The van der Waals surface area contributed by atoms with Gasteiger partial charge in [-0.15, -0.1) is 0 Å². The molecule has 0 bridgehead atoms. The maximum absolute atomic E-state index is 5.39. The molecular weight excluding hydrogens is 530 g/mol. The molecular formula is C24H32Cl2N8Ni. The maximum atomic E-state index is 5.39. The fraction of sp³-hybridized carbons (Fsp3) is 0. The fourth-order valence-corrected chi connectivity index (χ4v) is 2.04. The summed E-state index contributed by atoms with van der Waals surface area (Å²) in [5.41, 5.74) is 48.3. The van der Waals surface area contributed by atoms with E-state index in [1.165, 1.54) is 0 Å². The summed E-state index contributed by atoms with van der Waals surface area (Å²) in [4.78, 5) is 0. The van der Waals surface area contributed by atoms with Gasteiger partial charge in [0.2, 0.25) is 0 Å². The van der Waals surface area contributed by atoms with Crippen LogP contribution in [0.2, 0.25) is 0 Å². The van der Waals surface area contributed by atoms with Crippen molar-refractivity contribution in [3.05, 3.63) is 97.1 Å². The molecule has 0 spiro atoms. The van der Waals surface area contributed by atoms with E-state index in [-0.39, 0.29) is 41.3 Å². The Morgan fingerprint density at radius 3 is 0.400 bits per heavy atom. The Kier molecular flexibility index (Phi) is 20.3. The maximum Gasteiger partial charge on any atom is 2.00 e. The molecule has 8 nitrogen and oxygen atoms in total. The van der Waals surface area contributed by atoms with Crippen LogP contribution in [-0.4, -0.2) is 0 Å². The first-order valence-corrected chi connectivity index (χ1v) is 9.62. The van der Waals surface area contributed by atoms with Crippen LogP contribution >= 0.6 is 0 Å². The number of hydrogen-bond donors (Lipinski definition) is 8. The van der Waals surface area contributed by atoms with Gasteiger partial charge in [-0.3, -0.25) is 0 Å². The Bertz CT molecular complexity index is 842. The van der Waals surface area contributed by atoms with Crippen molar-refractivity contribution in [1.82, 2.24) is 0 Å². The molecule has 0 saturated carbocycles. The number of para-hydroxylation sites is 8. The van der Waals surface area contributed by atoms with E-state index in [9.17, 15) is 0 Å². The molecule has 0 aliphatic heterocycles. The third kappa shape index (κ3) is 15.0. The molecule has 4 aromatic rings. The molecule has 0 saturated heterocycles. The van der Waals surface area contributed by atoms with E-state index in [4.69, 9.17) is 45.9 Å². The van der Waals surface area contributed by atoms with Crippen molar-refractivity contribution in [2.45, 2.75) is 0 Å². The molecule has 192 valence electrons. The SMILES string of the molecule is Nc1ccccc1N.Nc1ccccc1N.Nc1ccccc1N.Nc1ccccc1N.[Cl-].[Cl-].[Ni+2]. The molecule has 0 heterocycles. The summed E-state index contributed by atoms with van der Waals surface area (Å²) >= 11 is 0. The Morgan fingerprint density at radius 2 is 0.343 bits per heavy atom. The van der Waals surface area contributed by atoms with Crippen LogP contribution < -0.4 is 70.7 Å². The van der Waals surface area contributed by atoms with E-state index in [1.54, 1.807) is 48.5 Å². The Morgan fingerprint density at radius 1 is 0.257 bits per heavy atom. The molecule has 0 aliphatic carbocycles. The number of nitrogen functional groups attached to an aromatic ring is 8. The Labute approximate surface area is 229 Å². The van der Waals surface area contributed by atoms with Gasteiger partial charge in [0.1, 0.15) is 0 Å². The molecule has 0 aromatic heterocycles. The third-order valence-corrected chi connectivity index (χ3v) is 3.98. The van der Waals surface area contributed by atoms with E-state index >= 15 is 0 Å². The van der Waals surface area contributed by atoms with Crippen molar-refractivity contribution in [2.75, 3.05) is 45.9 Å². The molecule has 0 amide bonds. The fourth-order valence-electron chi connectivity index (χ4n) is 2.04. The van der Waals surface area contributed by atoms with Crippen LogP contribution in [0, 0.1) is 0 Å². The first kappa shape index (κ1) is 35.9. The summed E-state index contributed by atoms with van der Waals surface area (Å²) in [6.45, 7) is 0. The van der Waals surface area contributed by atoms with Gasteiger partial charge >= 0.3 is 16.5 Å². The molecule has 0 atom stereocenters. The summed E-state index contributed by atoms with van der Waals surface area (Å²) in [5.74, 6) is 0. The second kappa shape index (κ2) is 19.8. The van der Waals surface area contributed by atoms with E-state index < -0.39 is 0 Å². The van der Waals surface area contributed by atoms with Crippen LogP contribution in [-0.2, 0) is 16.5 Å². The van der Waals surface area contributed by atoms with Gasteiger partial charge in [-0.25, -0.2) is 0 Å². The Hall–Kier alpha value is -3.65. The van der Waals surface area contributed by atoms with Gasteiger partial charge in [0.05, 0.1) is 45.5 Å². The van der Waals surface area contributed by atoms with Crippen LogP contribution in [0.25, 0.3) is 0 Å². The summed E-state index contributed by atoms with van der Waals surface area (Å²) in [5, 5.41) is 0. The van der Waals surface area contributed by atoms with Crippen LogP contribution in [0.15, 0.2) is 97.1 Å². The molecule has 0 fully saturated rings. The van der Waals surface area contributed by atoms with E-state index in [0.717, 1.165) is 0 Å². The number of nitrogens with two attached hydrogens (primary N) is 8. The molecule has 0 radical (unpaired) electrons. The molecule has 0 unspecified atom stereocenters. The zero-order chi connectivity index (χ0) is 23.9. The number of hydrogen-bond acceptors (Lipinski definition) is 8. The van der Waals surface area contributed by atoms with Gasteiger partial charge in [-0.05, 0) is 48.5 Å². The van der Waals surface area contributed by atoms with E-state index in [1.807, 2.05) is 48.5 Å². The minimum Gasteiger partial charge on any atom is -1.00 e. The molecule has 4 aromatic carbocycles. The summed E-state index contributed by atoms with van der Waals surface area (Å²) < 4.78 is 0. The normalized spacial score (nSPS) is 8.23. The van der Waals surface area contributed by atoms with Gasteiger partial charge in [0, 0.05) is 0 Å². The zero-order valence-electron chi connectivity index (χ0n) is 18.9. The summed E-state index contributed by atoms with van der Waals surface area (Å²) in [7, 11) is 0. The van der Waals surface area contributed by atoms with Crippen molar-refractivity contribution < 1.29 is 41.3 Å². The average Bonchev–Trinajstić information content (AvgIpc) is 2.78. The van der Waals surface area contributed by atoms with E-state index in [0.29, 0.717) is 45.5 Å². The number of rotatable bonds is 0. The van der Waals surface area contributed by atoms with Crippen LogP contribution in [0.5, 0.6) is 0 Å². The molecule has 16 N–H and O–H groups in total. The van der Waals surface area contributed by atoms with Gasteiger partial charge in [0.15, 0.2) is 0 Å². The summed E-state index contributed by atoms with van der Waals surface area (Å²) in [6.07, 6.45) is 0. The van der Waals surface area contributed by atoms with Gasteiger partial charge < -0.3 is 70.7 Å². The number of anilines is 8. The van der Waals surface area contributed by atoms with Crippen molar-refractivity contribution in [3.8, 4) is 0 Å². The van der Waals surface area contributed by atoms with Crippen molar-refractivity contribution in [2.24, 2.45) is 0 Å². The average molecular weight is 562 g/mol. The second-order valence-electron chi connectivity index (χ2n) is 6.52. The quantitative estimate of drug-likeness (QED) is 0.0841. The van der Waals surface area contributed by atoms with E-state index in [2.05, 4.69) is 0 Å². The molecule has 35 heavy (non-hydrogen) atoms. The molecule has 4 rings (SSSR count). The van der Waals surface area contributed by atoms with Gasteiger partial charge in [0.25, 0.3) is 0 Å². The van der Waals surface area contributed by atoms with Gasteiger partial charge in [-0.1, -0.05) is 48.5 Å². The van der Waals surface area contributed by atoms with Crippen molar-refractivity contribution >= 4 is 45.5 Å². The van der Waals surface area contributed by atoms with Crippen molar-refractivity contribution in [1.29, 1.82) is 0 Å². The van der Waals surface area contributed by atoms with Crippen LogP contribution in [0.4, 0.5) is 45.5 Å². The zero-order valence-corrected chi connectivity index (χ0v) is 21.4. The standard InChI is InChI=1S/4C6H8N2.2ClH.Ni/c4*7-5-3-1-2-4-6(5)8;;;/h4*1-4H,7-8H2;2*1H;/q;;;;;;+2/p-2. The molecule has 11 heteroatoms. The third-order valence-electron chi connectivity index (χ3n) is 3.98. The Balaban J connectivity index is -0.000000379. The topological polar surface area (TPSA) is 208 Å². The van der Waals surface area contributed by atoms with Gasteiger partial charge in [-0.2, -0.15) is 0 Å². The smallest absolute Gasteiger partial charge is 1.00 e. The van der Waals surface area contributed by atoms with Crippen LogP contribution in [0.1, 0.15) is 0 Å². The predicted octanol–water partition coefficient (Wildman–Crippen LogP) is -2.59. The second-order valence-corrected chi connectivity index (χ2v) is 6.52. The minimum absolute atomic E-state index is 0. The first-order valence-electron chi connectivity index (χ1n) is 9.62. The number of halogens is 2. The van der Waals surface area contributed by atoms with Crippen molar-refractivity contribution in [3.63, 3.8) is 0 Å². The summed E-state index contributed by atoms with van der Waals surface area (Å²) in [6, 6.07) is 29.0. The predicted molar refractivity (Wildman–Crippen MR) is 141 cm³/mol. The molecule has 0 aliphatic rings. The largest absolute Gasteiger partial charge is 2.00 e. The van der Waals surface area contributed by atoms with Crippen LogP contribution in [0.3, 0.4) is 0 Å². The monoisotopic (exact) mass is 560 g/mol. The first-order chi connectivity index (χ1) is 15.2. The number of benzene rings is 4.